The molecular formula is C25H38N4O4. The number of carbonyl (C=O) groups is 2. The molecule has 3 aliphatic rings. The van der Waals surface area contributed by atoms with E-state index in [4.69, 9.17) is 4.74 Å². The molecule has 1 aromatic rings. The van der Waals surface area contributed by atoms with Crippen molar-refractivity contribution in [3.63, 3.8) is 0 Å². The van der Waals surface area contributed by atoms with E-state index in [-0.39, 0.29) is 28.6 Å². The van der Waals surface area contributed by atoms with E-state index in [9.17, 15) is 14.4 Å². The van der Waals surface area contributed by atoms with Gasteiger partial charge < -0.3 is 19.9 Å². The van der Waals surface area contributed by atoms with Crippen molar-refractivity contribution in [1.29, 1.82) is 0 Å². The minimum Gasteiger partial charge on any atom is -0.379 e. The highest BCUT2D eigenvalue weighted by atomic mass is 16.5. The Labute approximate surface area is 196 Å². The van der Waals surface area contributed by atoms with Crippen LogP contribution in [0.1, 0.15) is 85.6 Å². The lowest BCUT2D eigenvalue weighted by Gasteiger charge is -2.40. The van der Waals surface area contributed by atoms with E-state index in [0.717, 1.165) is 38.8 Å². The Kier molecular flexibility index (Phi) is 7.54. The van der Waals surface area contributed by atoms with Crippen molar-refractivity contribution in [3.8, 4) is 0 Å². The standard InChI is InChI=1S/C25H38N4O4/c1-25(2,29-10-12-33-13-11-29)17-27-24(32)21-16-28(19-8-9-19)15-20(22(21)30)23(31)26-14-18-6-4-3-5-7-18/h15-16,18-19H,3-14,17H2,1-2H3,(H,26,31)(H,27,32). The summed E-state index contributed by atoms with van der Waals surface area (Å²) >= 11 is 0. The van der Waals surface area contributed by atoms with Gasteiger partial charge in [-0.15, -0.1) is 0 Å². The molecule has 0 radical (unpaired) electrons. The Morgan fingerprint density at radius 1 is 0.970 bits per heavy atom. The van der Waals surface area contributed by atoms with Gasteiger partial charge in [0.05, 0.1) is 13.2 Å². The Morgan fingerprint density at radius 3 is 2.18 bits per heavy atom. The van der Waals surface area contributed by atoms with Crippen molar-refractivity contribution in [2.75, 3.05) is 39.4 Å². The molecule has 1 aromatic heterocycles. The number of carbonyl (C=O) groups excluding carboxylic acids is 2. The minimum atomic E-state index is -0.491. The largest absolute Gasteiger partial charge is 0.379 e. The van der Waals surface area contributed by atoms with Gasteiger partial charge >= 0.3 is 0 Å². The summed E-state index contributed by atoms with van der Waals surface area (Å²) in [5.74, 6) is -0.316. The summed E-state index contributed by atoms with van der Waals surface area (Å²) in [5, 5.41) is 5.91. The summed E-state index contributed by atoms with van der Waals surface area (Å²) in [6.45, 7) is 8.15. The molecule has 8 heteroatoms. The van der Waals surface area contributed by atoms with Crippen LogP contribution in [0.4, 0.5) is 0 Å². The van der Waals surface area contributed by atoms with Crippen LogP contribution in [-0.2, 0) is 4.74 Å². The lowest BCUT2D eigenvalue weighted by atomic mass is 9.89. The van der Waals surface area contributed by atoms with Crippen LogP contribution < -0.4 is 16.1 Å². The van der Waals surface area contributed by atoms with Crippen LogP contribution in [0.15, 0.2) is 17.2 Å². The molecule has 8 nitrogen and oxygen atoms in total. The molecule has 182 valence electrons. The average Bonchev–Trinajstić information content (AvgIpc) is 3.68. The minimum absolute atomic E-state index is 0.0463. The van der Waals surface area contributed by atoms with Gasteiger partial charge in [-0.1, -0.05) is 19.3 Å². The van der Waals surface area contributed by atoms with E-state index in [0.29, 0.717) is 32.2 Å². The second kappa shape index (κ2) is 10.4. The van der Waals surface area contributed by atoms with Crippen molar-refractivity contribution in [2.45, 2.75) is 70.4 Å². The predicted molar refractivity (Wildman–Crippen MR) is 127 cm³/mol. The number of ether oxygens (including phenoxy) is 1. The van der Waals surface area contributed by atoms with Crippen molar-refractivity contribution >= 4 is 11.8 Å². The molecule has 4 rings (SSSR count). The molecule has 2 amide bonds. The maximum absolute atomic E-state index is 13.2. The number of nitrogens with one attached hydrogen (secondary N) is 2. The molecule has 0 spiro atoms. The van der Waals surface area contributed by atoms with Gasteiger partial charge in [-0.2, -0.15) is 0 Å². The first kappa shape index (κ1) is 24.0. The number of rotatable bonds is 8. The Morgan fingerprint density at radius 2 is 1.58 bits per heavy atom. The van der Waals surface area contributed by atoms with E-state index < -0.39 is 11.3 Å². The summed E-state index contributed by atoms with van der Waals surface area (Å²) < 4.78 is 7.30. The highest BCUT2D eigenvalue weighted by Crippen LogP contribution is 2.34. The molecule has 1 saturated heterocycles. The van der Waals surface area contributed by atoms with Gasteiger partial charge in [0.15, 0.2) is 0 Å². The Hall–Kier alpha value is -2.19. The van der Waals surface area contributed by atoms with Gasteiger partial charge in [-0.05, 0) is 45.4 Å². The summed E-state index contributed by atoms with van der Waals surface area (Å²) in [6.07, 6.45) is 11.1. The number of pyridine rings is 1. The second-order valence-corrected chi connectivity index (χ2v) is 10.4. The number of hydrogen-bond donors (Lipinski definition) is 2. The van der Waals surface area contributed by atoms with Crippen LogP contribution in [0.3, 0.4) is 0 Å². The number of aromatic nitrogens is 1. The molecule has 2 aliphatic carbocycles. The van der Waals surface area contributed by atoms with E-state index in [1.165, 1.54) is 19.3 Å². The molecular weight excluding hydrogens is 420 g/mol. The quantitative estimate of drug-likeness (QED) is 0.624. The predicted octanol–water partition coefficient (Wildman–Crippen LogP) is 2.33. The first-order chi connectivity index (χ1) is 15.8. The van der Waals surface area contributed by atoms with Gasteiger partial charge in [0.25, 0.3) is 11.8 Å². The molecule has 0 atom stereocenters. The first-order valence-electron chi connectivity index (χ1n) is 12.5. The third-order valence-corrected chi connectivity index (χ3v) is 7.33. The lowest BCUT2D eigenvalue weighted by molar-refractivity contribution is -0.00923. The fourth-order valence-electron chi connectivity index (χ4n) is 4.90. The molecule has 2 saturated carbocycles. The Bertz CT molecular complexity index is 909. The average molecular weight is 459 g/mol. The second-order valence-electron chi connectivity index (χ2n) is 10.4. The highest BCUT2D eigenvalue weighted by Gasteiger charge is 2.31. The summed E-state index contributed by atoms with van der Waals surface area (Å²) in [5.41, 5.74) is -0.637. The number of morpholine rings is 1. The van der Waals surface area contributed by atoms with Crippen molar-refractivity contribution in [1.82, 2.24) is 20.1 Å². The SMILES string of the molecule is CC(C)(CNC(=O)c1cn(C2CC2)cc(C(=O)NCC2CCCCC2)c1=O)N1CCOCC1. The summed E-state index contributed by atoms with van der Waals surface area (Å²) in [6, 6.07) is 0.256. The van der Waals surface area contributed by atoms with Gasteiger partial charge in [-0.3, -0.25) is 19.3 Å². The third kappa shape index (κ3) is 6.03. The van der Waals surface area contributed by atoms with Crippen LogP contribution in [0, 0.1) is 5.92 Å². The molecule has 3 fully saturated rings. The monoisotopic (exact) mass is 458 g/mol. The first-order valence-corrected chi connectivity index (χ1v) is 12.5. The van der Waals surface area contributed by atoms with Crippen molar-refractivity contribution < 1.29 is 14.3 Å². The van der Waals surface area contributed by atoms with E-state index >= 15 is 0 Å². The van der Waals surface area contributed by atoms with Crippen LogP contribution >= 0.6 is 0 Å². The van der Waals surface area contributed by atoms with Crippen LogP contribution in [0.5, 0.6) is 0 Å². The maximum Gasteiger partial charge on any atom is 0.256 e. The lowest BCUT2D eigenvalue weighted by Crippen LogP contribution is -2.55. The summed E-state index contributed by atoms with van der Waals surface area (Å²) in [4.78, 5) is 41.4. The van der Waals surface area contributed by atoms with E-state index in [2.05, 4.69) is 29.4 Å². The van der Waals surface area contributed by atoms with Gasteiger partial charge in [-0.25, -0.2) is 0 Å². The molecule has 2 N–H and O–H groups in total. The normalized spacial score (nSPS) is 20.4. The zero-order valence-electron chi connectivity index (χ0n) is 20.0. The third-order valence-electron chi connectivity index (χ3n) is 7.33. The smallest absolute Gasteiger partial charge is 0.256 e. The molecule has 0 unspecified atom stereocenters. The highest BCUT2D eigenvalue weighted by molar-refractivity contribution is 5.99. The Balaban J connectivity index is 1.46. The van der Waals surface area contributed by atoms with E-state index in [1.807, 2.05) is 4.57 Å². The molecule has 0 bridgehead atoms. The molecule has 1 aliphatic heterocycles. The molecule has 2 heterocycles. The van der Waals surface area contributed by atoms with Gasteiger partial charge in [0.2, 0.25) is 5.43 Å². The van der Waals surface area contributed by atoms with Crippen molar-refractivity contribution in [3.05, 3.63) is 33.7 Å². The van der Waals surface area contributed by atoms with Crippen LogP contribution in [0.25, 0.3) is 0 Å². The molecule has 33 heavy (non-hydrogen) atoms. The van der Waals surface area contributed by atoms with Crippen molar-refractivity contribution in [2.24, 2.45) is 5.92 Å². The van der Waals surface area contributed by atoms with Gasteiger partial charge in [0.1, 0.15) is 11.1 Å². The zero-order chi connectivity index (χ0) is 23.4. The van der Waals surface area contributed by atoms with Gasteiger partial charge in [0, 0.05) is 50.2 Å². The van der Waals surface area contributed by atoms with E-state index in [1.54, 1.807) is 12.4 Å². The zero-order valence-corrected chi connectivity index (χ0v) is 20.0. The maximum atomic E-state index is 13.2. The number of nitrogens with zero attached hydrogens (tertiary/aromatic N) is 2. The fourth-order valence-corrected chi connectivity index (χ4v) is 4.90. The van der Waals surface area contributed by atoms with Crippen LogP contribution in [-0.4, -0.2) is 66.2 Å². The summed E-state index contributed by atoms with van der Waals surface area (Å²) in [7, 11) is 0. The number of amides is 2. The topological polar surface area (TPSA) is 92.7 Å². The number of hydrogen-bond acceptors (Lipinski definition) is 5. The van der Waals surface area contributed by atoms with Crippen LogP contribution in [0.2, 0.25) is 0 Å². The molecule has 0 aromatic carbocycles. The fraction of sp³-hybridized carbons (Fsp3) is 0.720.